The number of carbonyl (C=O) groups excluding carboxylic acids is 2. The molecule has 1 aliphatic carbocycles. The van der Waals surface area contributed by atoms with Crippen LogP contribution < -0.4 is 16.3 Å². The first-order valence-electron chi connectivity index (χ1n) is 8.24. The highest BCUT2D eigenvalue weighted by atomic mass is 16.2. The van der Waals surface area contributed by atoms with E-state index < -0.39 is 11.8 Å². The summed E-state index contributed by atoms with van der Waals surface area (Å²) in [5, 5.41) is 5.39. The van der Waals surface area contributed by atoms with Gasteiger partial charge in [-0.15, -0.1) is 0 Å². The summed E-state index contributed by atoms with van der Waals surface area (Å²) in [5.41, 5.74) is 1.83. The van der Waals surface area contributed by atoms with E-state index in [1.165, 1.54) is 15.6 Å². The van der Waals surface area contributed by atoms with Gasteiger partial charge in [-0.25, -0.2) is 4.79 Å². The Labute approximate surface area is 139 Å². The maximum atomic E-state index is 12.1. The molecular formula is C17H22N4O3. The highest BCUT2D eigenvalue weighted by Gasteiger charge is 2.20. The Morgan fingerprint density at radius 1 is 1.00 bits per heavy atom. The second kappa shape index (κ2) is 6.51. The molecule has 0 aliphatic heterocycles. The molecule has 24 heavy (non-hydrogen) atoms. The van der Waals surface area contributed by atoms with Gasteiger partial charge in [0.1, 0.15) is 0 Å². The van der Waals surface area contributed by atoms with Crippen LogP contribution in [0, 0.1) is 0 Å². The van der Waals surface area contributed by atoms with Crippen molar-refractivity contribution in [3.05, 3.63) is 28.7 Å². The smallest absolute Gasteiger partial charge is 0.328 e. The Balaban J connectivity index is 1.72. The molecule has 1 saturated carbocycles. The zero-order chi connectivity index (χ0) is 17.3. The van der Waals surface area contributed by atoms with Gasteiger partial charge in [0.25, 0.3) is 0 Å². The van der Waals surface area contributed by atoms with Gasteiger partial charge < -0.3 is 10.6 Å². The fourth-order valence-electron chi connectivity index (χ4n) is 3.27. The summed E-state index contributed by atoms with van der Waals surface area (Å²) < 4.78 is 3.05. The number of fused-ring (bicyclic) bond motifs is 1. The van der Waals surface area contributed by atoms with Crippen molar-refractivity contribution in [2.24, 2.45) is 14.1 Å². The average molecular weight is 330 g/mol. The molecule has 7 heteroatoms. The topological polar surface area (TPSA) is 85.1 Å². The summed E-state index contributed by atoms with van der Waals surface area (Å²) in [4.78, 5) is 36.0. The third-order valence-electron chi connectivity index (χ3n) is 4.68. The maximum Gasteiger partial charge on any atom is 0.328 e. The van der Waals surface area contributed by atoms with Crippen molar-refractivity contribution in [1.29, 1.82) is 0 Å². The van der Waals surface area contributed by atoms with Gasteiger partial charge in [0.15, 0.2) is 0 Å². The van der Waals surface area contributed by atoms with Crippen molar-refractivity contribution in [3.8, 4) is 0 Å². The van der Waals surface area contributed by atoms with E-state index in [2.05, 4.69) is 10.6 Å². The van der Waals surface area contributed by atoms with E-state index in [0.717, 1.165) is 31.2 Å². The normalized spacial score (nSPS) is 15.4. The zero-order valence-electron chi connectivity index (χ0n) is 14.0. The van der Waals surface area contributed by atoms with Crippen LogP contribution in [-0.4, -0.2) is 27.0 Å². The quantitative estimate of drug-likeness (QED) is 0.813. The number of amides is 2. The summed E-state index contributed by atoms with van der Waals surface area (Å²) in [6, 6.07) is 5.23. The molecule has 0 spiro atoms. The van der Waals surface area contributed by atoms with Gasteiger partial charge in [-0.2, -0.15) is 0 Å². The van der Waals surface area contributed by atoms with E-state index >= 15 is 0 Å². The van der Waals surface area contributed by atoms with E-state index in [0.29, 0.717) is 11.2 Å². The molecule has 0 atom stereocenters. The van der Waals surface area contributed by atoms with Crippen LogP contribution in [0.4, 0.5) is 5.69 Å². The molecule has 128 valence electrons. The van der Waals surface area contributed by atoms with Gasteiger partial charge in [-0.05, 0) is 31.0 Å². The third kappa shape index (κ3) is 3.06. The van der Waals surface area contributed by atoms with Crippen LogP contribution in [0.1, 0.15) is 32.1 Å². The molecule has 1 fully saturated rings. The molecule has 0 unspecified atom stereocenters. The minimum Gasteiger partial charge on any atom is -0.345 e. The molecule has 0 bridgehead atoms. The Kier molecular flexibility index (Phi) is 4.42. The fraction of sp³-hybridized carbons (Fsp3) is 0.471. The number of nitrogens with one attached hydrogen (secondary N) is 2. The lowest BCUT2D eigenvalue weighted by atomic mass is 9.95. The first-order chi connectivity index (χ1) is 11.5. The van der Waals surface area contributed by atoms with Gasteiger partial charge in [0.05, 0.1) is 11.0 Å². The molecule has 0 saturated heterocycles. The van der Waals surface area contributed by atoms with Crippen LogP contribution in [0.5, 0.6) is 0 Å². The SMILES string of the molecule is Cn1c(=O)n(C)c2cc(NC(=O)C(=O)NC3CCCCC3)ccc21. The molecule has 0 radical (unpaired) electrons. The monoisotopic (exact) mass is 330 g/mol. The van der Waals surface area contributed by atoms with Crippen LogP contribution in [0.25, 0.3) is 11.0 Å². The lowest BCUT2D eigenvalue weighted by Crippen LogP contribution is -2.42. The van der Waals surface area contributed by atoms with E-state index in [1.807, 2.05) is 0 Å². The number of anilines is 1. The van der Waals surface area contributed by atoms with Crippen LogP contribution >= 0.6 is 0 Å². The molecular weight excluding hydrogens is 308 g/mol. The molecule has 7 nitrogen and oxygen atoms in total. The third-order valence-corrected chi connectivity index (χ3v) is 4.68. The molecule has 1 aliphatic rings. The predicted molar refractivity (Wildman–Crippen MR) is 91.8 cm³/mol. The largest absolute Gasteiger partial charge is 0.345 e. The molecule has 2 aromatic rings. The van der Waals surface area contributed by atoms with E-state index in [-0.39, 0.29) is 11.7 Å². The van der Waals surface area contributed by atoms with Crippen molar-refractivity contribution in [2.75, 3.05) is 5.32 Å². The second-order valence-electron chi connectivity index (χ2n) is 6.37. The number of rotatable bonds is 2. The minimum atomic E-state index is -0.680. The number of aryl methyl sites for hydroxylation is 2. The van der Waals surface area contributed by atoms with Gasteiger partial charge >= 0.3 is 17.5 Å². The molecule has 1 aromatic carbocycles. The Morgan fingerprint density at radius 2 is 1.67 bits per heavy atom. The van der Waals surface area contributed by atoms with Crippen LogP contribution in [0.2, 0.25) is 0 Å². The highest BCUT2D eigenvalue weighted by molar-refractivity contribution is 6.39. The maximum absolute atomic E-state index is 12.1. The van der Waals surface area contributed by atoms with Crippen LogP contribution in [0.3, 0.4) is 0 Å². The van der Waals surface area contributed by atoms with Crippen molar-refractivity contribution in [2.45, 2.75) is 38.1 Å². The number of hydrogen-bond acceptors (Lipinski definition) is 3. The minimum absolute atomic E-state index is 0.0921. The second-order valence-corrected chi connectivity index (χ2v) is 6.37. The first-order valence-corrected chi connectivity index (χ1v) is 8.24. The average Bonchev–Trinajstić information content (AvgIpc) is 2.80. The number of aromatic nitrogens is 2. The number of nitrogens with zero attached hydrogens (tertiary/aromatic N) is 2. The first kappa shape index (κ1) is 16.3. The summed E-state index contributed by atoms with van der Waals surface area (Å²) in [6.07, 6.45) is 5.22. The lowest BCUT2D eigenvalue weighted by molar-refractivity contribution is -0.136. The molecule has 1 heterocycles. The van der Waals surface area contributed by atoms with Crippen LogP contribution in [0.15, 0.2) is 23.0 Å². The summed E-state index contributed by atoms with van der Waals surface area (Å²) >= 11 is 0. The number of hydrogen-bond donors (Lipinski definition) is 2. The fourth-order valence-corrected chi connectivity index (χ4v) is 3.27. The van der Waals surface area contributed by atoms with E-state index in [1.54, 1.807) is 32.3 Å². The number of imidazole rings is 1. The van der Waals surface area contributed by atoms with Crippen molar-refractivity contribution >= 4 is 28.5 Å². The number of benzene rings is 1. The molecule has 3 rings (SSSR count). The van der Waals surface area contributed by atoms with Gasteiger partial charge in [0, 0.05) is 25.8 Å². The Bertz CT molecular complexity index is 843. The van der Waals surface area contributed by atoms with Crippen molar-refractivity contribution < 1.29 is 9.59 Å². The number of carbonyl (C=O) groups is 2. The van der Waals surface area contributed by atoms with Gasteiger partial charge in [0.2, 0.25) is 0 Å². The highest BCUT2D eigenvalue weighted by Crippen LogP contribution is 2.19. The Morgan fingerprint density at radius 3 is 2.38 bits per heavy atom. The van der Waals surface area contributed by atoms with Gasteiger partial charge in [-0.1, -0.05) is 19.3 Å². The Hall–Kier alpha value is -2.57. The predicted octanol–water partition coefficient (Wildman–Crippen LogP) is 1.26. The van der Waals surface area contributed by atoms with E-state index in [9.17, 15) is 14.4 Å². The standard InChI is InChI=1S/C17H22N4O3/c1-20-13-9-8-12(10-14(13)21(2)17(20)24)19-16(23)15(22)18-11-6-4-3-5-7-11/h8-11H,3-7H2,1-2H3,(H,18,22)(H,19,23). The summed E-state index contributed by atoms with van der Waals surface area (Å²) in [5.74, 6) is -1.29. The van der Waals surface area contributed by atoms with Crippen molar-refractivity contribution in [1.82, 2.24) is 14.5 Å². The zero-order valence-corrected chi connectivity index (χ0v) is 14.0. The van der Waals surface area contributed by atoms with Gasteiger partial charge in [-0.3, -0.25) is 18.7 Å². The van der Waals surface area contributed by atoms with Crippen molar-refractivity contribution in [3.63, 3.8) is 0 Å². The molecule has 2 amide bonds. The summed E-state index contributed by atoms with van der Waals surface area (Å²) in [7, 11) is 3.37. The summed E-state index contributed by atoms with van der Waals surface area (Å²) in [6.45, 7) is 0. The molecule has 2 N–H and O–H groups in total. The van der Waals surface area contributed by atoms with Crippen LogP contribution in [-0.2, 0) is 23.7 Å². The lowest BCUT2D eigenvalue weighted by Gasteiger charge is -2.22. The van der Waals surface area contributed by atoms with E-state index in [4.69, 9.17) is 0 Å². The molecule has 1 aromatic heterocycles.